The predicted molar refractivity (Wildman–Crippen MR) is 114 cm³/mol. The molecule has 0 aromatic carbocycles. The van der Waals surface area contributed by atoms with Crippen molar-refractivity contribution in [3.8, 4) is 0 Å². The second-order valence-electron chi connectivity index (χ2n) is 9.59. The molecule has 1 spiro atoms. The molecule has 4 fully saturated rings. The van der Waals surface area contributed by atoms with Gasteiger partial charge in [0, 0.05) is 38.8 Å². The van der Waals surface area contributed by atoms with Crippen molar-refractivity contribution < 1.29 is 9.90 Å². The number of carbonyl (C=O) groups is 1. The number of piperidine rings is 1. The summed E-state index contributed by atoms with van der Waals surface area (Å²) in [6, 6.07) is 4.68. The lowest BCUT2D eigenvalue weighted by Gasteiger charge is -2.41. The molecule has 1 amide bonds. The van der Waals surface area contributed by atoms with Crippen LogP contribution in [0.3, 0.4) is 0 Å². The van der Waals surface area contributed by atoms with Gasteiger partial charge in [0.2, 0.25) is 5.91 Å². The highest BCUT2D eigenvalue weighted by Crippen LogP contribution is 2.43. The molecular formula is C23H34N4O2. The average molecular weight is 399 g/mol. The molecule has 5 rings (SSSR count). The lowest BCUT2D eigenvalue weighted by Crippen LogP contribution is -2.50. The minimum Gasteiger partial charge on any atom is -0.393 e. The summed E-state index contributed by atoms with van der Waals surface area (Å²) in [7, 11) is 0. The number of rotatable bonds is 3. The zero-order valence-electron chi connectivity index (χ0n) is 17.4. The Morgan fingerprint density at radius 3 is 2.41 bits per heavy atom. The maximum Gasteiger partial charge on any atom is 0.230 e. The van der Waals surface area contributed by atoms with Crippen LogP contribution in [0, 0.1) is 5.41 Å². The molecule has 158 valence electrons. The molecule has 6 nitrogen and oxygen atoms in total. The number of hydrogen-bond acceptors (Lipinski definition) is 5. The van der Waals surface area contributed by atoms with E-state index in [1.807, 2.05) is 6.20 Å². The van der Waals surface area contributed by atoms with E-state index >= 15 is 0 Å². The quantitative estimate of drug-likeness (QED) is 0.848. The fourth-order valence-electron chi connectivity index (χ4n) is 6.00. The molecule has 1 atom stereocenters. The Kier molecular flexibility index (Phi) is 5.14. The zero-order valence-corrected chi connectivity index (χ0v) is 17.4. The van der Waals surface area contributed by atoms with Crippen LogP contribution >= 0.6 is 0 Å². The summed E-state index contributed by atoms with van der Waals surface area (Å²) in [5.41, 5.74) is 0.990. The van der Waals surface area contributed by atoms with E-state index in [9.17, 15) is 9.90 Å². The van der Waals surface area contributed by atoms with Gasteiger partial charge in [-0.05, 0) is 69.9 Å². The third kappa shape index (κ3) is 3.60. The number of likely N-dealkylation sites (tertiary alicyclic amines) is 1. The topological polar surface area (TPSA) is 59.9 Å². The van der Waals surface area contributed by atoms with Crippen LogP contribution in [0.2, 0.25) is 0 Å². The van der Waals surface area contributed by atoms with Crippen LogP contribution < -0.4 is 9.80 Å². The van der Waals surface area contributed by atoms with Crippen LogP contribution in [0.4, 0.5) is 11.5 Å². The average Bonchev–Trinajstić information content (AvgIpc) is 3.39. The van der Waals surface area contributed by atoms with E-state index in [0.29, 0.717) is 11.9 Å². The molecule has 1 saturated carbocycles. The highest BCUT2D eigenvalue weighted by Gasteiger charge is 2.50. The first-order chi connectivity index (χ1) is 14.1. The molecule has 6 heteroatoms. The molecule has 3 saturated heterocycles. The van der Waals surface area contributed by atoms with Gasteiger partial charge in [-0.2, -0.15) is 0 Å². The molecule has 29 heavy (non-hydrogen) atoms. The van der Waals surface area contributed by atoms with Crippen molar-refractivity contribution in [3.63, 3.8) is 0 Å². The van der Waals surface area contributed by atoms with Crippen molar-refractivity contribution in [2.75, 3.05) is 42.5 Å². The van der Waals surface area contributed by atoms with E-state index in [1.54, 1.807) is 0 Å². The predicted octanol–water partition coefficient (Wildman–Crippen LogP) is 2.80. The summed E-state index contributed by atoms with van der Waals surface area (Å²) < 4.78 is 0. The van der Waals surface area contributed by atoms with Crippen LogP contribution in [0.5, 0.6) is 0 Å². The highest BCUT2D eigenvalue weighted by atomic mass is 16.3. The van der Waals surface area contributed by atoms with Crippen molar-refractivity contribution in [2.24, 2.45) is 5.41 Å². The molecule has 0 unspecified atom stereocenters. The van der Waals surface area contributed by atoms with Crippen molar-refractivity contribution in [1.29, 1.82) is 0 Å². The monoisotopic (exact) mass is 398 g/mol. The molecule has 1 aliphatic carbocycles. The Labute approximate surface area is 173 Å². The normalized spacial score (nSPS) is 33.1. The molecule has 1 N–H and O–H groups in total. The molecule has 3 aliphatic heterocycles. The Morgan fingerprint density at radius 2 is 1.69 bits per heavy atom. The fraction of sp³-hybridized carbons (Fsp3) is 0.739. The Balaban J connectivity index is 1.27. The van der Waals surface area contributed by atoms with Crippen molar-refractivity contribution >= 4 is 17.4 Å². The Hall–Kier alpha value is -1.82. The summed E-state index contributed by atoms with van der Waals surface area (Å²) >= 11 is 0. The minimum atomic E-state index is -0.233. The number of aromatic nitrogens is 1. The van der Waals surface area contributed by atoms with Gasteiger partial charge in [0.05, 0.1) is 23.4 Å². The summed E-state index contributed by atoms with van der Waals surface area (Å²) in [6.45, 7) is 4.94. The lowest BCUT2D eigenvalue weighted by molar-refractivity contribution is -0.139. The van der Waals surface area contributed by atoms with E-state index in [4.69, 9.17) is 4.98 Å². The van der Waals surface area contributed by atoms with E-state index in [1.165, 1.54) is 18.5 Å². The first-order valence-corrected chi connectivity index (χ1v) is 11.6. The second-order valence-corrected chi connectivity index (χ2v) is 9.59. The largest absolute Gasteiger partial charge is 0.393 e. The SMILES string of the molecule is O=C1N([C@H]2CC[C@H](O)CC2)CC[C@@]12CCCN(c1ccc(N3CCCC3)cn1)C2. The summed E-state index contributed by atoms with van der Waals surface area (Å²) in [6.07, 6.45) is 11.0. The van der Waals surface area contributed by atoms with Gasteiger partial charge in [-0.1, -0.05) is 0 Å². The molecule has 4 aliphatic rings. The Morgan fingerprint density at radius 1 is 0.931 bits per heavy atom. The minimum absolute atomic E-state index is 0.169. The standard InChI is InChI=1S/C23H34N4O2/c28-20-7-4-18(5-8-20)27-15-11-23(22(27)29)10-3-14-26(17-23)21-9-6-19(16-24-21)25-12-1-2-13-25/h6,9,16,18,20,28H,1-5,7-8,10-15,17H2/t18-,20-,23-/m1/s1. The number of aliphatic hydroxyl groups is 1. The number of nitrogens with zero attached hydrogens (tertiary/aromatic N) is 4. The van der Waals surface area contributed by atoms with E-state index < -0.39 is 0 Å². The number of hydrogen-bond donors (Lipinski definition) is 1. The zero-order chi connectivity index (χ0) is 19.8. The third-order valence-corrected chi connectivity index (χ3v) is 7.76. The number of pyridine rings is 1. The molecule has 0 radical (unpaired) electrons. The molecular weight excluding hydrogens is 364 g/mol. The summed E-state index contributed by atoms with van der Waals surface area (Å²) in [4.78, 5) is 25.2. The maximum atomic E-state index is 13.5. The van der Waals surface area contributed by atoms with Gasteiger partial charge in [-0.25, -0.2) is 4.98 Å². The van der Waals surface area contributed by atoms with Crippen molar-refractivity contribution in [3.05, 3.63) is 18.3 Å². The van der Waals surface area contributed by atoms with Crippen LogP contribution in [0.25, 0.3) is 0 Å². The molecule has 4 heterocycles. The van der Waals surface area contributed by atoms with Crippen LogP contribution in [-0.4, -0.2) is 65.8 Å². The number of anilines is 2. The number of aliphatic hydroxyl groups excluding tert-OH is 1. The van der Waals surface area contributed by atoms with Gasteiger partial charge in [0.15, 0.2) is 0 Å². The van der Waals surface area contributed by atoms with E-state index in [2.05, 4.69) is 26.8 Å². The van der Waals surface area contributed by atoms with Gasteiger partial charge < -0.3 is 19.8 Å². The summed E-state index contributed by atoms with van der Waals surface area (Å²) in [5, 5.41) is 9.81. The van der Waals surface area contributed by atoms with Gasteiger partial charge >= 0.3 is 0 Å². The molecule has 0 bridgehead atoms. The van der Waals surface area contributed by atoms with Gasteiger partial charge in [0.25, 0.3) is 0 Å². The smallest absolute Gasteiger partial charge is 0.230 e. The molecule has 1 aromatic heterocycles. The van der Waals surface area contributed by atoms with E-state index in [-0.39, 0.29) is 11.5 Å². The summed E-state index contributed by atoms with van der Waals surface area (Å²) in [5.74, 6) is 1.37. The van der Waals surface area contributed by atoms with Crippen LogP contribution in [-0.2, 0) is 4.79 Å². The van der Waals surface area contributed by atoms with Gasteiger partial charge in [0.1, 0.15) is 5.82 Å². The fourth-order valence-corrected chi connectivity index (χ4v) is 6.00. The Bertz CT molecular complexity index is 725. The maximum absolute atomic E-state index is 13.5. The van der Waals surface area contributed by atoms with Crippen molar-refractivity contribution in [2.45, 2.75) is 69.9 Å². The number of carbonyl (C=O) groups excluding carboxylic acids is 1. The second kappa shape index (κ2) is 7.78. The van der Waals surface area contributed by atoms with Gasteiger partial charge in [-0.15, -0.1) is 0 Å². The lowest BCUT2D eigenvalue weighted by atomic mass is 9.78. The molecule has 1 aromatic rings. The third-order valence-electron chi connectivity index (χ3n) is 7.76. The van der Waals surface area contributed by atoms with Crippen LogP contribution in [0.1, 0.15) is 57.8 Å². The van der Waals surface area contributed by atoms with Crippen molar-refractivity contribution in [1.82, 2.24) is 9.88 Å². The highest BCUT2D eigenvalue weighted by molar-refractivity contribution is 5.86. The van der Waals surface area contributed by atoms with Crippen LogP contribution in [0.15, 0.2) is 18.3 Å². The first-order valence-electron chi connectivity index (χ1n) is 11.6. The van der Waals surface area contributed by atoms with E-state index in [0.717, 1.165) is 83.5 Å². The van der Waals surface area contributed by atoms with Gasteiger partial charge in [-0.3, -0.25) is 4.79 Å². The first kappa shape index (κ1) is 19.2. The number of amides is 1.